The molecule has 0 amide bonds. The Labute approximate surface area is 123 Å². The number of anilines is 2. The number of carbonyl (C=O) groups is 1. The molecule has 1 aromatic heterocycles. The summed E-state index contributed by atoms with van der Waals surface area (Å²) < 4.78 is 10.3. The number of thiophene rings is 1. The fraction of sp³-hybridized carbons (Fsp3) is 0.643. The molecule has 6 heteroatoms. The lowest BCUT2D eigenvalue weighted by Crippen LogP contribution is -2.10. The molecule has 3 N–H and O–H groups in total. The maximum Gasteiger partial charge on any atom is 0.350 e. The van der Waals surface area contributed by atoms with Crippen LogP contribution < -0.4 is 15.8 Å². The number of nitrogens with one attached hydrogen (secondary N) is 1. The molecule has 0 atom stereocenters. The van der Waals surface area contributed by atoms with E-state index < -0.39 is 0 Å². The lowest BCUT2D eigenvalue weighted by molar-refractivity contribution is 0.0533. The Morgan fingerprint density at radius 1 is 1.45 bits per heavy atom. The quantitative estimate of drug-likeness (QED) is 0.789. The van der Waals surface area contributed by atoms with Crippen molar-refractivity contribution >= 4 is 28.0 Å². The third-order valence-corrected chi connectivity index (χ3v) is 4.72. The first-order valence-electron chi connectivity index (χ1n) is 7.04. The van der Waals surface area contributed by atoms with Crippen molar-refractivity contribution in [3.63, 3.8) is 0 Å². The van der Waals surface area contributed by atoms with Gasteiger partial charge in [-0.2, -0.15) is 0 Å². The minimum Gasteiger partial charge on any atom is -0.492 e. The molecule has 1 aliphatic carbocycles. The summed E-state index contributed by atoms with van der Waals surface area (Å²) in [6.45, 7) is 3.01. The minimum absolute atomic E-state index is 0.337. The van der Waals surface area contributed by atoms with Gasteiger partial charge in [-0.05, 0) is 25.7 Å². The second-order valence-electron chi connectivity index (χ2n) is 4.96. The second-order valence-corrected chi connectivity index (χ2v) is 5.98. The number of esters is 1. The number of rotatable bonds is 6. The van der Waals surface area contributed by atoms with E-state index in [1.807, 2.05) is 0 Å². The maximum atomic E-state index is 11.8. The SMILES string of the molecule is CCOC(=O)c1sc(NCC2CCCC2)c(OC)c1N. The third-order valence-electron chi connectivity index (χ3n) is 3.59. The Balaban J connectivity index is 2.10. The molecule has 0 saturated heterocycles. The molecule has 0 aromatic carbocycles. The zero-order valence-electron chi connectivity index (χ0n) is 12.0. The van der Waals surface area contributed by atoms with Crippen LogP contribution in [0.3, 0.4) is 0 Å². The molecule has 1 heterocycles. The lowest BCUT2D eigenvalue weighted by Gasteiger charge is -2.11. The minimum atomic E-state index is -0.387. The van der Waals surface area contributed by atoms with Crippen LogP contribution in [0.15, 0.2) is 0 Å². The van der Waals surface area contributed by atoms with Gasteiger partial charge in [-0.25, -0.2) is 4.79 Å². The van der Waals surface area contributed by atoms with Crippen molar-refractivity contribution in [3.05, 3.63) is 4.88 Å². The van der Waals surface area contributed by atoms with Crippen LogP contribution in [0.25, 0.3) is 0 Å². The molecule has 112 valence electrons. The van der Waals surface area contributed by atoms with Gasteiger partial charge in [0, 0.05) is 6.54 Å². The molecule has 2 rings (SSSR count). The molecule has 5 nitrogen and oxygen atoms in total. The number of nitrogen functional groups attached to an aromatic ring is 1. The maximum absolute atomic E-state index is 11.8. The predicted octanol–water partition coefficient (Wildman–Crippen LogP) is 3.12. The molecule has 1 fully saturated rings. The fourth-order valence-electron chi connectivity index (χ4n) is 2.55. The molecule has 1 aromatic rings. The summed E-state index contributed by atoms with van der Waals surface area (Å²) in [5.74, 6) is 0.868. The van der Waals surface area contributed by atoms with E-state index in [2.05, 4.69) is 5.32 Å². The monoisotopic (exact) mass is 298 g/mol. The van der Waals surface area contributed by atoms with Gasteiger partial charge in [0.05, 0.1) is 13.7 Å². The number of nitrogens with two attached hydrogens (primary N) is 1. The van der Waals surface area contributed by atoms with E-state index >= 15 is 0 Å². The van der Waals surface area contributed by atoms with E-state index in [9.17, 15) is 4.79 Å². The second kappa shape index (κ2) is 6.83. The van der Waals surface area contributed by atoms with Crippen LogP contribution in [0, 0.1) is 5.92 Å². The van der Waals surface area contributed by atoms with Crippen molar-refractivity contribution in [3.8, 4) is 5.75 Å². The Morgan fingerprint density at radius 3 is 2.75 bits per heavy atom. The topological polar surface area (TPSA) is 73.6 Å². The molecule has 20 heavy (non-hydrogen) atoms. The normalized spacial score (nSPS) is 15.3. The van der Waals surface area contributed by atoms with Crippen molar-refractivity contribution in [2.45, 2.75) is 32.6 Å². The van der Waals surface area contributed by atoms with Crippen LogP contribution in [0.2, 0.25) is 0 Å². The summed E-state index contributed by atoms with van der Waals surface area (Å²) in [6.07, 6.45) is 5.15. The van der Waals surface area contributed by atoms with Crippen LogP contribution in [0.4, 0.5) is 10.7 Å². The zero-order valence-corrected chi connectivity index (χ0v) is 12.8. The first-order valence-corrected chi connectivity index (χ1v) is 7.86. The van der Waals surface area contributed by atoms with E-state index in [4.69, 9.17) is 15.2 Å². The van der Waals surface area contributed by atoms with Crippen molar-refractivity contribution < 1.29 is 14.3 Å². The molecule has 1 aliphatic rings. The van der Waals surface area contributed by atoms with Gasteiger partial charge in [0.15, 0.2) is 5.75 Å². The molecule has 1 saturated carbocycles. The van der Waals surface area contributed by atoms with Gasteiger partial charge in [-0.15, -0.1) is 11.3 Å². The lowest BCUT2D eigenvalue weighted by atomic mass is 10.1. The summed E-state index contributed by atoms with van der Waals surface area (Å²) in [7, 11) is 1.56. The largest absolute Gasteiger partial charge is 0.492 e. The summed E-state index contributed by atoms with van der Waals surface area (Å²) >= 11 is 1.31. The number of hydrogen-bond donors (Lipinski definition) is 2. The van der Waals surface area contributed by atoms with Crippen molar-refractivity contribution in [1.82, 2.24) is 0 Å². The molecule has 0 unspecified atom stereocenters. The highest BCUT2D eigenvalue weighted by molar-refractivity contribution is 7.19. The van der Waals surface area contributed by atoms with Crippen molar-refractivity contribution in [1.29, 1.82) is 0 Å². The summed E-state index contributed by atoms with van der Waals surface area (Å²) in [6, 6.07) is 0. The Bertz CT molecular complexity index is 467. The van der Waals surface area contributed by atoms with Gasteiger partial charge in [-0.1, -0.05) is 12.8 Å². The molecular weight excluding hydrogens is 276 g/mol. The average molecular weight is 298 g/mol. The van der Waals surface area contributed by atoms with E-state index in [0.717, 1.165) is 11.5 Å². The van der Waals surface area contributed by atoms with Crippen LogP contribution in [0.1, 0.15) is 42.3 Å². The first kappa shape index (κ1) is 15.0. The van der Waals surface area contributed by atoms with Gasteiger partial charge in [0.25, 0.3) is 0 Å². The number of methoxy groups -OCH3 is 1. The van der Waals surface area contributed by atoms with Crippen molar-refractivity contribution in [2.75, 3.05) is 31.3 Å². The fourth-order valence-corrected chi connectivity index (χ4v) is 3.54. The van der Waals surface area contributed by atoms with Gasteiger partial charge >= 0.3 is 5.97 Å². The van der Waals surface area contributed by atoms with Crippen LogP contribution in [-0.4, -0.2) is 26.2 Å². The van der Waals surface area contributed by atoms with E-state index in [0.29, 0.717) is 28.8 Å². The molecule has 0 aliphatic heterocycles. The van der Waals surface area contributed by atoms with E-state index in [-0.39, 0.29) is 5.97 Å². The van der Waals surface area contributed by atoms with Gasteiger partial charge < -0.3 is 20.5 Å². The third kappa shape index (κ3) is 3.17. The summed E-state index contributed by atoms with van der Waals surface area (Å²) in [4.78, 5) is 12.2. The predicted molar refractivity (Wildman–Crippen MR) is 81.7 cm³/mol. The molecular formula is C14H22N2O3S. The highest BCUT2D eigenvalue weighted by atomic mass is 32.1. The Morgan fingerprint density at radius 2 is 2.15 bits per heavy atom. The van der Waals surface area contributed by atoms with Crippen molar-refractivity contribution in [2.24, 2.45) is 5.92 Å². The van der Waals surface area contributed by atoms with Crippen LogP contribution in [0.5, 0.6) is 5.75 Å². The van der Waals surface area contributed by atoms with Gasteiger partial charge in [0.1, 0.15) is 15.6 Å². The summed E-state index contributed by atoms with van der Waals surface area (Å²) in [5, 5.41) is 4.19. The van der Waals surface area contributed by atoms with Crippen LogP contribution >= 0.6 is 11.3 Å². The van der Waals surface area contributed by atoms with E-state index in [1.54, 1.807) is 14.0 Å². The zero-order chi connectivity index (χ0) is 14.5. The van der Waals surface area contributed by atoms with E-state index in [1.165, 1.54) is 37.0 Å². The molecule has 0 spiro atoms. The Kier molecular flexibility index (Phi) is 5.11. The average Bonchev–Trinajstić information content (AvgIpc) is 3.04. The Hall–Kier alpha value is -1.43. The number of carbonyl (C=O) groups excluding carboxylic acids is 1. The number of hydrogen-bond acceptors (Lipinski definition) is 6. The van der Waals surface area contributed by atoms with Crippen LogP contribution in [-0.2, 0) is 4.74 Å². The highest BCUT2D eigenvalue weighted by Gasteiger charge is 2.23. The highest BCUT2D eigenvalue weighted by Crippen LogP contribution is 2.43. The molecule has 0 radical (unpaired) electrons. The molecule has 0 bridgehead atoms. The smallest absolute Gasteiger partial charge is 0.350 e. The number of ether oxygens (including phenoxy) is 2. The summed E-state index contributed by atoms with van der Waals surface area (Å²) in [5.41, 5.74) is 6.34. The first-order chi connectivity index (χ1) is 9.67. The van der Waals surface area contributed by atoms with Gasteiger partial charge in [0.2, 0.25) is 0 Å². The standard InChI is InChI=1S/C14H22N2O3S/c1-3-19-14(17)12-10(15)11(18-2)13(20-12)16-8-9-6-4-5-7-9/h9,16H,3-8,15H2,1-2H3. The van der Waals surface area contributed by atoms with Gasteiger partial charge in [-0.3, -0.25) is 0 Å².